The average Bonchev–Trinajstić information content (AvgIpc) is 2.46. The van der Waals surface area contributed by atoms with Gasteiger partial charge in [0.1, 0.15) is 0 Å². The highest BCUT2D eigenvalue weighted by atomic mass is 15.1. The predicted molar refractivity (Wildman–Crippen MR) is 103 cm³/mol. The van der Waals surface area contributed by atoms with Crippen molar-refractivity contribution in [3.8, 4) is 0 Å². The Morgan fingerprint density at radius 3 is 2.09 bits per heavy atom. The van der Waals surface area contributed by atoms with Crippen molar-refractivity contribution in [2.75, 3.05) is 13.6 Å². The van der Waals surface area contributed by atoms with Gasteiger partial charge in [-0.2, -0.15) is 0 Å². The fourth-order valence-electron chi connectivity index (χ4n) is 2.44. The van der Waals surface area contributed by atoms with Crippen molar-refractivity contribution in [3.63, 3.8) is 0 Å². The summed E-state index contributed by atoms with van der Waals surface area (Å²) in [4.78, 5) is 0. The van der Waals surface area contributed by atoms with Crippen molar-refractivity contribution < 1.29 is 0 Å². The molecule has 4 nitrogen and oxygen atoms in total. The van der Waals surface area contributed by atoms with Gasteiger partial charge in [0.25, 0.3) is 0 Å². The molecule has 0 aromatic heterocycles. The lowest BCUT2D eigenvalue weighted by atomic mass is 9.98. The summed E-state index contributed by atoms with van der Waals surface area (Å²) >= 11 is 0. The molecule has 0 heterocycles. The Kier molecular flexibility index (Phi) is 10.5. The number of nitrogens with one attached hydrogen (secondary N) is 4. The van der Waals surface area contributed by atoms with Gasteiger partial charge in [0.05, 0.1) is 5.82 Å². The molecule has 134 valence electrons. The second-order valence-corrected chi connectivity index (χ2v) is 6.91. The molecule has 4 N–H and O–H groups in total. The molecule has 2 atom stereocenters. The highest BCUT2D eigenvalue weighted by Crippen LogP contribution is 2.14. The summed E-state index contributed by atoms with van der Waals surface area (Å²) in [6, 6.07) is 0.947. The molecule has 0 saturated heterocycles. The maximum Gasteiger partial charge on any atom is 0.0909 e. The normalized spacial score (nSPS) is 13.6. The molecule has 0 aliphatic heterocycles. The van der Waals surface area contributed by atoms with E-state index in [2.05, 4.69) is 75.6 Å². The van der Waals surface area contributed by atoms with Crippen molar-refractivity contribution in [1.29, 1.82) is 0 Å². The van der Waals surface area contributed by atoms with Crippen molar-refractivity contribution >= 4 is 0 Å². The van der Waals surface area contributed by atoms with Gasteiger partial charge in [0, 0.05) is 37.4 Å². The maximum atomic E-state index is 4.27. The third-order valence-electron chi connectivity index (χ3n) is 3.82. The molecule has 0 amide bonds. The zero-order valence-corrected chi connectivity index (χ0v) is 16.1. The molecule has 0 aliphatic carbocycles. The molecule has 23 heavy (non-hydrogen) atoms. The van der Waals surface area contributed by atoms with Crippen LogP contribution in [-0.4, -0.2) is 31.7 Å². The van der Waals surface area contributed by atoms with Crippen LogP contribution in [-0.2, 0) is 0 Å². The van der Waals surface area contributed by atoms with Crippen LogP contribution in [0, 0.1) is 5.92 Å². The Labute approximate surface area is 143 Å². The lowest BCUT2D eigenvalue weighted by molar-refractivity contribution is 0.386. The van der Waals surface area contributed by atoms with Crippen LogP contribution < -0.4 is 21.3 Å². The SMILES string of the molecule is C=C(NC)NCCCC(NC(=C)[C@@H](NC(C)C)C(C)C)C(=C)C. The first-order chi connectivity index (χ1) is 10.7. The monoisotopic (exact) mass is 322 g/mol. The Morgan fingerprint density at radius 2 is 1.65 bits per heavy atom. The molecule has 0 aromatic rings. The van der Waals surface area contributed by atoms with Gasteiger partial charge in [-0.25, -0.2) is 0 Å². The van der Waals surface area contributed by atoms with E-state index >= 15 is 0 Å². The van der Waals surface area contributed by atoms with E-state index in [1.165, 1.54) is 0 Å². The van der Waals surface area contributed by atoms with Crippen LogP contribution >= 0.6 is 0 Å². The predicted octanol–water partition coefficient (Wildman–Crippen LogP) is 3.12. The van der Waals surface area contributed by atoms with Crippen LogP contribution in [0.1, 0.15) is 47.5 Å². The van der Waals surface area contributed by atoms with Gasteiger partial charge >= 0.3 is 0 Å². The van der Waals surface area contributed by atoms with Crippen molar-refractivity contribution in [1.82, 2.24) is 21.3 Å². The molecule has 0 aliphatic rings. The minimum atomic E-state index is 0.252. The van der Waals surface area contributed by atoms with Crippen LogP contribution in [0.4, 0.5) is 0 Å². The zero-order chi connectivity index (χ0) is 18.0. The fraction of sp³-hybridized carbons (Fsp3) is 0.684. The highest BCUT2D eigenvalue weighted by Gasteiger charge is 2.20. The Bertz CT molecular complexity index is 385. The van der Waals surface area contributed by atoms with Gasteiger partial charge in [-0.1, -0.05) is 53.0 Å². The van der Waals surface area contributed by atoms with Gasteiger partial charge in [-0.05, 0) is 25.7 Å². The lowest BCUT2D eigenvalue weighted by Crippen LogP contribution is -2.45. The van der Waals surface area contributed by atoms with E-state index in [4.69, 9.17) is 0 Å². The number of rotatable bonds is 13. The Hall–Kier alpha value is -1.42. The Morgan fingerprint density at radius 1 is 1.04 bits per heavy atom. The van der Waals surface area contributed by atoms with E-state index < -0.39 is 0 Å². The van der Waals surface area contributed by atoms with Crippen LogP contribution in [0.25, 0.3) is 0 Å². The Balaban J connectivity index is 4.52. The third kappa shape index (κ3) is 9.34. The second-order valence-electron chi connectivity index (χ2n) is 6.91. The molecule has 0 fully saturated rings. The van der Waals surface area contributed by atoms with Crippen LogP contribution in [0.5, 0.6) is 0 Å². The molecule has 0 spiro atoms. The number of hydrogen-bond acceptors (Lipinski definition) is 4. The standard InChI is InChI=1S/C19H38N4/c1-13(2)18(11-10-12-21-17(8)20-9)23-16(7)19(14(3)4)22-15(5)6/h14-15,18-23H,1,7-8,10-12H2,2-6,9H3/t18?,19-/m0/s1. The summed E-state index contributed by atoms with van der Waals surface area (Å²) in [5.74, 6) is 1.35. The molecule has 0 radical (unpaired) electrons. The minimum Gasteiger partial charge on any atom is -0.381 e. The molecule has 0 rings (SSSR count). The average molecular weight is 323 g/mol. The van der Waals surface area contributed by atoms with E-state index in [9.17, 15) is 0 Å². The summed E-state index contributed by atoms with van der Waals surface area (Å²) in [6.07, 6.45) is 2.06. The first kappa shape index (κ1) is 21.6. The van der Waals surface area contributed by atoms with E-state index in [-0.39, 0.29) is 12.1 Å². The number of hydrogen-bond donors (Lipinski definition) is 4. The largest absolute Gasteiger partial charge is 0.381 e. The molecule has 4 heteroatoms. The van der Waals surface area contributed by atoms with Crippen LogP contribution in [0.2, 0.25) is 0 Å². The van der Waals surface area contributed by atoms with E-state index in [0.29, 0.717) is 12.0 Å². The van der Waals surface area contributed by atoms with Gasteiger partial charge in [0.2, 0.25) is 0 Å². The highest BCUT2D eigenvalue weighted by molar-refractivity contribution is 5.12. The minimum absolute atomic E-state index is 0.252. The summed E-state index contributed by atoms with van der Waals surface area (Å²) in [6.45, 7) is 24.0. The van der Waals surface area contributed by atoms with Crippen molar-refractivity contribution in [3.05, 3.63) is 36.8 Å². The second kappa shape index (κ2) is 11.2. The first-order valence-corrected chi connectivity index (χ1v) is 8.66. The quantitative estimate of drug-likeness (QED) is 0.311. The zero-order valence-electron chi connectivity index (χ0n) is 16.1. The third-order valence-corrected chi connectivity index (χ3v) is 3.82. The van der Waals surface area contributed by atoms with Crippen molar-refractivity contribution in [2.24, 2.45) is 5.92 Å². The molecule has 0 saturated carbocycles. The van der Waals surface area contributed by atoms with Crippen molar-refractivity contribution in [2.45, 2.75) is 65.6 Å². The fourth-order valence-corrected chi connectivity index (χ4v) is 2.44. The smallest absolute Gasteiger partial charge is 0.0909 e. The summed E-state index contributed by atoms with van der Waals surface area (Å²) in [7, 11) is 1.87. The summed E-state index contributed by atoms with van der Waals surface area (Å²) in [5.41, 5.74) is 2.19. The molecule has 1 unspecified atom stereocenters. The molecule has 0 aromatic carbocycles. The van der Waals surface area contributed by atoms with E-state index in [1.54, 1.807) is 0 Å². The molecular weight excluding hydrogens is 284 g/mol. The molecule has 0 bridgehead atoms. The maximum absolute atomic E-state index is 4.27. The van der Waals surface area contributed by atoms with Gasteiger partial charge in [0.15, 0.2) is 0 Å². The van der Waals surface area contributed by atoms with Gasteiger partial charge < -0.3 is 21.3 Å². The van der Waals surface area contributed by atoms with Crippen LogP contribution in [0.3, 0.4) is 0 Å². The lowest BCUT2D eigenvalue weighted by Gasteiger charge is -2.31. The van der Waals surface area contributed by atoms with E-state index in [0.717, 1.165) is 36.5 Å². The summed E-state index contributed by atoms with van der Waals surface area (Å²) in [5, 5.41) is 13.4. The molecular formula is C19H38N4. The summed E-state index contributed by atoms with van der Waals surface area (Å²) < 4.78 is 0. The van der Waals surface area contributed by atoms with Gasteiger partial charge in [-0.3, -0.25) is 0 Å². The topological polar surface area (TPSA) is 48.1 Å². The first-order valence-electron chi connectivity index (χ1n) is 8.66. The van der Waals surface area contributed by atoms with Gasteiger partial charge in [-0.15, -0.1) is 0 Å². The van der Waals surface area contributed by atoms with E-state index in [1.807, 2.05) is 7.05 Å². The van der Waals surface area contributed by atoms with Crippen LogP contribution in [0.15, 0.2) is 36.8 Å².